The maximum absolute atomic E-state index is 6.49. The molecule has 0 fully saturated rings. The first kappa shape index (κ1) is 26.8. The first-order chi connectivity index (χ1) is 23.3. The van der Waals surface area contributed by atoms with Crippen LogP contribution in [0.25, 0.3) is 89.5 Å². The molecular weight excluding hydrogens is 580 g/mol. The van der Waals surface area contributed by atoms with E-state index >= 15 is 0 Å². The van der Waals surface area contributed by atoms with Crippen LogP contribution in [0.15, 0.2) is 150 Å². The highest BCUT2D eigenvalue weighted by atomic mass is 16.3. The van der Waals surface area contributed by atoms with Crippen molar-refractivity contribution in [2.24, 2.45) is 0 Å². The van der Waals surface area contributed by atoms with Crippen molar-refractivity contribution in [3.05, 3.63) is 146 Å². The lowest BCUT2D eigenvalue weighted by Gasteiger charge is -2.10. The van der Waals surface area contributed by atoms with Crippen LogP contribution in [-0.4, -0.2) is 30.1 Å². The van der Waals surface area contributed by atoms with E-state index in [4.69, 9.17) is 34.6 Å². The summed E-state index contributed by atoms with van der Waals surface area (Å²) in [5.41, 5.74) is 7.11. The van der Waals surface area contributed by atoms with E-state index in [0.29, 0.717) is 34.4 Å². The molecule has 4 heterocycles. The van der Waals surface area contributed by atoms with Gasteiger partial charge >= 0.3 is 0 Å². The summed E-state index contributed by atoms with van der Waals surface area (Å²) >= 11 is 0. The molecule has 0 atom stereocenters. The van der Waals surface area contributed by atoms with Crippen molar-refractivity contribution in [3.8, 4) is 56.8 Å². The molecule has 0 bridgehead atoms. The van der Waals surface area contributed by atoms with Gasteiger partial charge in [0.1, 0.15) is 17.0 Å². The molecule has 0 aliphatic rings. The molecule has 0 saturated carbocycles. The quantitative estimate of drug-likeness (QED) is 0.193. The Balaban J connectivity index is 1.18. The Morgan fingerprint density at radius 3 is 1.62 bits per heavy atom. The van der Waals surface area contributed by atoms with Crippen LogP contribution in [0.4, 0.5) is 0 Å². The number of hydrogen-bond donors (Lipinski definition) is 0. The third kappa shape index (κ3) is 4.69. The average Bonchev–Trinajstić information content (AvgIpc) is 3.55. The molecule has 220 valence electrons. The van der Waals surface area contributed by atoms with Crippen molar-refractivity contribution in [3.63, 3.8) is 0 Å². The highest BCUT2D eigenvalue weighted by Crippen LogP contribution is 2.40. The third-order valence-electron chi connectivity index (χ3n) is 8.31. The Bertz CT molecular complexity index is 2500. The van der Waals surface area contributed by atoms with Crippen LogP contribution in [0.1, 0.15) is 0 Å². The van der Waals surface area contributed by atoms with E-state index in [9.17, 15) is 0 Å². The molecule has 9 aromatic rings. The van der Waals surface area contributed by atoms with E-state index in [0.717, 1.165) is 55.1 Å². The minimum atomic E-state index is 0.585. The molecule has 0 amide bonds. The zero-order valence-corrected chi connectivity index (χ0v) is 24.9. The van der Waals surface area contributed by atoms with Crippen LogP contribution in [0, 0.1) is 0 Å². The van der Waals surface area contributed by atoms with Crippen molar-refractivity contribution < 1.29 is 4.42 Å². The lowest BCUT2D eigenvalue weighted by atomic mass is 10.0. The first-order valence-electron chi connectivity index (χ1n) is 15.3. The Hall–Kier alpha value is -6.60. The lowest BCUT2D eigenvalue weighted by molar-refractivity contribution is 0.667. The fourth-order valence-corrected chi connectivity index (χ4v) is 6.02. The summed E-state index contributed by atoms with van der Waals surface area (Å²) in [5, 5.41) is 13.5. The average molecular weight is 605 g/mol. The number of furan rings is 1. The molecule has 9 rings (SSSR count). The van der Waals surface area contributed by atoms with Gasteiger partial charge in [-0.05, 0) is 17.5 Å². The lowest BCUT2D eigenvalue weighted by Crippen LogP contribution is -2.00. The minimum Gasteiger partial charge on any atom is -0.454 e. The Labute approximate surface area is 269 Å². The van der Waals surface area contributed by atoms with Gasteiger partial charge in [-0.15, -0.1) is 10.2 Å². The molecule has 0 unspecified atom stereocenters. The van der Waals surface area contributed by atoms with E-state index in [2.05, 4.69) is 18.2 Å². The van der Waals surface area contributed by atoms with Crippen molar-refractivity contribution >= 4 is 32.7 Å². The molecule has 7 heteroatoms. The van der Waals surface area contributed by atoms with Gasteiger partial charge in [0.05, 0.1) is 11.1 Å². The van der Waals surface area contributed by atoms with Crippen molar-refractivity contribution in [2.75, 3.05) is 0 Å². The van der Waals surface area contributed by atoms with Crippen LogP contribution in [0.2, 0.25) is 0 Å². The van der Waals surface area contributed by atoms with Crippen molar-refractivity contribution in [1.82, 2.24) is 30.1 Å². The second-order valence-electron chi connectivity index (χ2n) is 11.2. The number of hydrogen-bond acceptors (Lipinski definition) is 7. The van der Waals surface area contributed by atoms with Crippen LogP contribution < -0.4 is 0 Å². The molecule has 0 spiro atoms. The van der Waals surface area contributed by atoms with Crippen LogP contribution in [0.5, 0.6) is 0 Å². The maximum Gasteiger partial charge on any atom is 0.165 e. The molecule has 0 radical (unpaired) electrons. The molecule has 0 aliphatic heterocycles. The number of rotatable bonds is 5. The minimum absolute atomic E-state index is 0.585. The van der Waals surface area contributed by atoms with Gasteiger partial charge in [-0.1, -0.05) is 127 Å². The summed E-state index contributed by atoms with van der Waals surface area (Å²) < 4.78 is 6.49. The predicted molar refractivity (Wildman–Crippen MR) is 185 cm³/mol. The van der Waals surface area contributed by atoms with Gasteiger partial charge in [0.25, 0.3) is 0 Å². The van der Waals surface area contributed by atoms with E-state index in [1.165, 1.54) is 0 Å². The van der Waals surface area contributed by atoms with E-state index in [1.54, 1.807) is 0 Å². The zero-order valence-electron chi connectivity index (χ0n) is 24.9. The second kappa shape index (κ2) is 11.1. The topological polar surface area (TPSA) is 90.5 Å². The molecule has 4 aromatic heterocycles. The van der Waals surface area contributed by atoms with E-state index in [1.807, 2.05) is 128 Å². The van der Waals surface area contributed by atoms with Crippen molar-refractivity contribution in [2.45, 2.75) is 0 Å². The van der Waals surface area contributed by atoms with Gasteiger partial charge in [-0.25, -0.2) is 15.0 Å². The molecule has 5 aromatic carbocycles. The number of benzene rings is 5. The Morgan fingerprint density at radius 2 is 0.936 bits per heavy atom. The summed E-state index contributed by atoms with van der Waals surface area (Å²) in [6.45, 7) is 0. The largest absolute Gasteiger partial charge is 0.454 e. The number of para-hydroxylation sites is 1. The standard InChI is InChI=1S/C40H24N6O/c1-3-12-27(13-4-1)38-42-39(28-14-5-2-6-15-28)44-40(43-38)29-21-19-26(20-22-29)34-37-33(31-17-9-10-18-32(31)47-37)36(46-45-34)35-30-16-8-7-11-25(30)23-24-41-35/h1-24H. The van der Waals surface area contributed by atoms with E-state index < -0.39 is 0 Å². The second-order valence-corrected chi connectivity index (χ2v) is 11.2. The van der Waals surface area contributed by atoms with Gasteiger partial charge < -0.3 is 4.42 Å². The SMILES string of the molecule is c1ccc(-c2nc(-c3ccccc3)nc(-c3ccc(-c4nnc(-c5nccc6ccccc56)c5c4oc4ccccc45)cc3)n2)cc1. The Kier molecular flexibility index (Phi) is 6.31. The number of nitrogens with zero attached hydrogens (tertiary/aromatic N) is 6. The molecule has 0 aliphatic carbocycles. The van der Waals surface area contributed by atoms with Gasteiger partial charge in [-0.3, -0.25) is 4.98 Å². The highest BCUT2D eigenvalue weighted by molar-refractivity contribution is 6.16. The molecule has 0 N–H and O–H groups in total. The maximum atomic E-state index is 6.49. The number of aromatic nitrogens is 6. The zero-order chi connectivity index (χ0) is 31.2. The van der Waals surface area contributed by atoms with Gasteiger partial charge in [0, 0.05) is 39.2 Å². The molecule has 0 saturated heterocycles. The van der Waals surface area contributed by atoms with E-state index in [-0.39, 0.29) is 0 Å². The number of fused-ring (bicyclic) bond motifs is 4. The molecular formula is C40H24N6O. The van der Waals surface area contributed by atoms with Crippen LogP contribution >= 0.6 is 0 Å². The summed E-state index contributed by atoms with van der Waals surface area (Å²) in [6, 6.07) is 46.1. The monoisotopic (exact) mass is 604 g/mol. The summed E-state index contributed by atoms with van der Waals surface area (Å²) in [7, 11) is 0. The van der Waals surface area contributed by atoms with Crippen LogP contribution in [-0.2, 0) is 0 Å². The van der Waals surface area contributed by atoms with Gasteiger partial charge in [-0.2, -0.15) is 0 Å². The predicted octanol–water partition coefficient (Wildman–Crippen LogP) is 9.44. The summed E-state index contributed by atoms with van der Waals surface area (Å²) in [6.07, 6.45) is 1.81. The highest BCUT2D eigenvalue weighted by Gasteiger charge is 2.22. The van der Waals surface area contributed by atoms with Crippen LogP contribution in [0.3, 0.4) is 0 Å². The van der Waals surface area contributed by atoms with Gasteiger partial charge in [0.15, 0.2) is 23.1 Å². The fraction of sp³-hybridized carbons (Fsp3) is 0. The summed E-state index contributed by atoms with van der Waals surface area (Å²) in [4.78, 5) is 19.3. The number of pyridine rings is 1. The molecule has 47 heavy (non-hydrogen) atoms. The fourth-order valence-electron chi connectivity index (χ4n) is 6.02. The van der Waals surface area contributed by atoms with Gasteiger partial charge in [0.2, 0.25) is 0 Å². The third-order valence-corrected chi connectivity index (χ3v) is 8.31. The molecule has 7 nitrogen and oxygen atoms in total. The smallest absolute Gasteiger partial charge is 0.165 e. The normalized spacial score (nSPS) is 11.4. The Morgan fingerprint density at radius 1 is 0.404 bits per heavy atom. The van der Waals surface area contributed by atoms with Crippen molar-refractivity contribution in [1.29, 1.82) is 0 Å². The first-order valence-corrected chi connectivity index (χ1v) is 15.3. The summed E-state index contributed by atoms with van der Waals surface area (Å²) in [5.74, 6) is 1.82.